The highest BCUT2D eigenvalue weighted by Gasteiger charge is 2.50. The van der Waals surface area contributed by atoms with Crippen molar-refractivity contribution in [3.63, 3.8) is 0 Å². The lowest BCUT2D eigenvalue weighted by Gasteiger charge is -2.45. The average Bonchev–Trinajstić information content (AvgIpc) is 3.65. The fourth-order valence-corrected chi connectivity index (χ4v) is 6.39. The number of hydrogen-bond donors (Lipinski definition) is 2. The molecule has 0 bridgehead atoms. The molecule has 1 aromatic rings. The Labute approximate surface area is 206 Å². The minimum absolute atomic E-state index is 0.0917. The molecule has 2 heterocycles. The number of hydrogen-bond acceptors (Lipinski definition) is 6. The van der Waals surface area contributed by atoms with Gasteiger partial charge in [-0.25, -0.2) is 5.26 Å². The van der Waals surface area contributed by atoms with Gasteiger partial charge in [-0.2, -0.15) is 0 Å². The summed E-state index contributed by atoms with van der Waals surface area (Å²) in [4.78, 5) is 38.7. The molecular formula is C27H37N3O5. The molecule has 3 fully saturated rings. The highest BCUT2D eigenvalue weighted by molar-refractivity contribution is 5.97. The van der Waals surface area contributed by atoms with Crippen LogP contribution in [0.1, 0.15) is 86.6 Å². The third-order valence-corrected chi connectivity index (χ3v) is 8.64. The highest BCUT2D eigenvalue weighted by Crippen LogP contribution is 2.47. The van der Waals surface area contributed by atoms with Crippen molar-refractivity contribution in [2.45, 2.75) is 81.8 Å². The van der Waals surface area contributed by atoms with E-state index in [0.717, 1.165) is 24.8 Å². The second-order valence-electron chi connectivity index (χ2n) is 10.9. The van der Waals surface area contributed by atoms with Crippen LogP contribution in [-0.2, 0) is 4.79 Å². The smallest absolute Gasteiger partial charge is 0.257 e. The van der Waals surface area contributed by atoms with Gasteiger partial charge in [-0.3, -0.25) is 14.6 Å². The Bertz CT molecular complexity index is 995. The van der Waals surface area contributed by atoms with E-state index < -0.39 is 5.60 Å². The molecule has 4 aliphatic rings. The van der Waals surface area contributed by atoms with Crippen molar-refractivity contribution in [3.8, 4) is 5.75 Å². The molecule has 2 amide bonds. The first-order valence-corrected chi connectivity index (χ1v) is 13.2. The Morgan fingerprint density at radius 1 is 1.11 bits per heavy atom. The predicted molar refractivity (Wildman–Crippen MR) is 132 cm³/mol. The van der Waals surface area contributed by atoms with Gasteiger partial charge < -0.3 is 19.8 Å². The Hall–Kier alpha value is -2.45. The van der Waals surface area contributed by atoms with Crippen molar-refractivity contribution in [1.82, 2.24) is 9.80 Å². The standard InChI is InChI=1S/C27H37N3O5/c1-2-8-26-9-4-3-5-21(26)16-20(18-28-26)19-6-7-22(23(17-19)35-34)24(31)29-12-14-30(15-13-29)25(32)27(33)10-11-27/h6-7,17-18,20-21,33-34H,2-5,8-16H2,1H3. The maximum Gasteiger partial charge on any atom is 0.257 e. The van der Waals surface area contributed by atoms with E-state index in [1.807, 2.05) is 6.07 Å². The minimum Gasteiger partial charge on any atom is -0.380 e. The van der Waals surface area contributed by atoms with E-state index in [0.29, 0.717) is 50.5 Å². The van der Waals surface area contributed by atoms with E-state index in [1.54, 1.807) is 21.9 Å². The van der Waals surface area contributed by atoms with Crippen molar-refractivity contribution in [1.29, 1.82) is 0 Å². The second kappa shape index (κ2) is 9.54. The van der Waals surface area contributed by atoms with E-state index in [9.17, 15) is 20.0 Å². The van der Waals surface area contributed by atoms with Gasteiger partial charge in [0.1, 0.15) is 5.60 Å². The fraction of sp³-hybridized carbons (Fsp3) is 0.667. The summed E-state index contributed by atoms with van der Waals surface area (Å²) < 4.78 is 0. The Balaban J connectivity index is 1.28. The number of benzene rings is 1. The van der Waals surface area contributed by atoms with E-state index in [2.05, 4.69) is 18.0 Å². The molecule has 2 saturated carbocycles. The van der Waals surface area contributed by atoms with Crippen LogP contribution in [0, 0.1) is 5.92 Å². The molecule has 35 heavy (non-hydrogen) atoms. The number of rotatable bonds is 6. The van der Waals surface area contributed by atoms with Gasteiger partial charge in [0.05, 0.1) is 11.1 Å². The first-order valence-electron chi connectivity index (χ1n) is 13.2. The van der Waals surface area contributed by atoms with Crippen LogP contribution in [0.2, 0.25) is 0 Å². The predicted octanol–water partition coefficient (Wildman–Crippen LogP) is 3.63. The lowest BCUT2D eigenvalue weighted by molar-refractivity contribution is -0.144. The largest absolute Gasteiger partial charge is 0.380 e. The quantitative estimate of drug-likeness (QED) is 0.475. The molecule has 3 unspecified atom stereocenters. The zero-order valence-electron chi connectivity index (χ0n) is 20.6. The van der Waals surface area contributed by atoms with Crippen molar-refractivity contribution >= 4 is 18.0 Å². The maximum absolute atomic E-state index is 13.2. The van der Waals surface area contributed by atoms with Crippen molar-refractivity contribution in [3.05, 3.63) is 29.3 Å². The van der Waals surface area contributed by atoms with Gasteiger partial charge in [0.2, 0.25) is 0 Å². The van der Waals surface area contributed by atoms with E-state index in [-0.39, 0.29) is 29.0 Å². The van der Waals surface area contributed by atoms with Gasteiger partial charge in [-0.05, 0) is 62.1 Å². The third-order valence-electron chi connectivity index (χ3n) is 8.64. The zero-order chi connectivity index (χ0) is 24.6. The van der Waals surface area contributed by atoms with Crippen LogP contribution in [0.5, 0.6) is 5.75 Å². The molecule has 2 N–H and O–H groups in total. The van der Waals surface area contributed by atoms with Crippen LogP contribution in [0.25, 0.3) is 0 Å². The summed E-state index contributed by atoms with van der Waals surface area (Å²) in [5.41, 5.74) is 0.214. The summed E-state index contributed by atoms with van der Waals surface area (Å²) >= 11 is 0. The third kappa shape index (κ3) is 4.58. The van der Waals surface area contributed by atoms with Crippen molar-refractivity contribution in [2.24, 2.45) is 10.9 Å². The zero-order valence-corrected chi connectivity index (χ0v) is 20.6. The molecule has 1 aromatic carbocycles. The van der Waals surface area contributed by atoms with Gasteiger partial charge in [0.15, 0.2) is 5.75 Å². The Morgan fingerprint density at radius 3 is 2.54 bits per heavy atom. The molecule has 0 spiro atoms. The topological polar surface area (TPSA) is 103 Å². The van der Waals surface area contributed by atoms with Crippen LogP contribution in [0.3, 0.4) is 0 Å². The SMILES string of the molecule is CCCC12CCCCC1CC(c1ccc(C(=O)N3CCN(C(=O)C4(O)CC4)CC3)c(OO)c1)C=N2. The number of aliphatic imine (C=N–C) groups is 1. The molecular weight excluding hydrogens is 446 g/mol. The molecule has 5 rings (SSSR count). The molecule has 0 aromatic heterocycles. The summed E-state index contributed by atoms with van der Waals surface area (Å²) in [6.45, 7) is 3.77. The summed E-state index contributed by atoms with van der Waals surface area (Å²) in [6.07, 6.45) is 11.3. The molecule has 1 saturated heterocycles. The molecule has 2 aliphatic heterocycles. The van der Waals surface area contributed by atoms with Gasteiger partial charge in [0.25, 0.3) is 11.8 Å². The Kier molecular flexibility index (Phi) is 6.61. The summed E-state index contributed by atoms with van der Waals surface area (Å²) in [6, 6.07) is 5.45. The number of nitrogens with zero attached hydrogens (tertiary/aromatic N) is 3. The van der Waals surface area contributed by atoms with Crippen LogP contribution in [0.15, 0.2) is 23.2 Å². The summed E-state index contributed by atoms with van der Waals surface area (Å²) in [5.74, 6) is 0.399. The molecule has 190 valence electrons. The number of carbonyl (C=O) groups is 2. The van der Waals surface area contributed by atoms with E-state index in [1.165, 1.54) is 25.7 Å². The molecule has 8 nitrogen and oxygen atoms in total. The molecule has 3 atom stereocenters. The minimum atomic E-state index is -1.18. The van der Waals surface area contributed by atoms with Crippen molar-refractivity contribution < 1.29 is 24.8 Å². The molecule has 2 aliphatic carbocycles. The van der Waals surface area contributed by atoms with E-state index >= 15 is 0 Å². The number of fused-ring (bicyclic) bond motifs is 1. The van der Waals surface area contributed by atoms with Crippen LogP contribution >= 0.6 is 0 Å². The molecule has 0 radical (unpaired) electrons. The summed E-state index contributed by atoms with van der Waals surface area (Å²) in [7, 11) is 0. The van der Waals surface area contributed by atoms with Gasteiger partial charge in [-0.15, -0.1) is 0 Å². The van der Waals surface area contributed by atoms with Gasteiger partial charge >= 0.3 is 0 Å². The van der Waals surface area contributed by atoms with Gasteiger partial charge in [0, 0.05) is 38.3 Å². The van der Waals surface area contributed by atoms with Crippen LogP contribution in [0.4, 0.5) is 0 Å². The number of aliphatic hydroxyl groups is 1. The van der Waals surface area contributed by atoms with Crippen molar-refractivity contribution in [2.75, 3.05) is 26.2 Å². The highest BCUT2D eigenvalue weighted by atomic mass is 17.1. The number of amides is 2. The van der Waals surface area contributed by atoms with E-state index in [4.69, 9.17) is 4.99 Å². The normalized spacial score (nSPS) is 29.5. The lowest BCUT2D eigenvalue weighted by atomic mass is 9.65. The van der Waals surface area contributed by atoms with Crippen LogP contribution in [-0.4, -0.2) is 75.5 Å². The molecule has 8 heteroatoms. The van der Waals surface area contributed by atoms with Crippen LogP contribution < -0.4 is 4.89 Å². The van der Waals surface area contributed by atoms with Gasteiger partial charge in [-0.1, -0.05) is 32.3 Å². The second-order valence-corrected chi connectivity index (χ2v) is 10.9. The first-order chi connectivity index (χ1) is 16.9. The lowest BCUT2D eigenvalue weighted by Crippen LogP contribution is -2.53. The maximum atomic E-state index is 13.2. The average molecular weight is 484 g/mol. The number of piperazine rings is 1. The first kappa shape index (κ1) is 24.3. The summed E-state index contributed by atoms with van der Waals surface area (Å²) in [5, 5.41) is 19.7. The fourth-order valence-electron chi connectivity index (χ4n) is 6.39. The monoisotopic (exact) mass is 483 g/mol. The number of carbonyl (C=O) groups excluding carboxylic acids is 2. The Morgan fingerprint density at radius 2 is 1.86 bits per heavy atom.